The van der Waals surface area contributed by atoms with Crippen LogP contribution in [-0.4, -0.2) is 46.4 Å². The van der Waals surface area contributed by atoms with E-state index in [0.717, 1.165) is 18.4 Å². The molecule has 0 aliphatic carbocycles. The molecular weight excluding hydrogens is 278 g/mol. The zero-order valence-electron chi connectivity index (χ0n) is 12.8. The minimum Gasteiger partial charge on any atom is -0.361 e. The van der Waals surface area contributed by atoms with Crippen molar-refractivity contribution in [3.05, 3.63) is 36.0 Å². The molecule has 5 heteroatoms. The second-order valence-electron chi connectivity index (χ2n) is 5.70. The zero-order valence-corrected chi connectivity index (χ0v) is 12.8. The van der Waals surface area contributed by atoms with Crippen molar-refractivity contribution in [2.75, 3.05) is 19.8 Å². The van der Waals surface area contributed by atoms with Crippen LogP contribution in [0.5, 0.6) is 0 Å². The number of benzene rings is 1. The SMILES string of the molecule is CCN1CN(C(=O)CCCc2c[nH]c3ccccc23)CC1=O. The van der Waals surface area contributed by atoms with Gasteiger partial charge in [-0.05, 0) is 31.4 Å². The quantitative estimate of drug-likeness (QED) is 0.919. The summed E-state index contributed by atoms with van der Waals surface area (Å²) in [6.07, 6.45) is 4.18. The van der Waals surface area contributed by atoms with Gasteiger partial charge in [0, 0.05) is 30.1 Å². The lowest BCUT2D eigenvalue weighted by atomic mass is 10.1. The Kier molecular flexibility index (Phi) is 4.13. The zero-order chi connectivity index (χ0) is 15.5. The van der Waals surface area contributed by atoms with Crippen molar-refractivity contribution < 1.29 is 9.59 Å². The number of aryl methyl sites for hydroxylation is 1. The average molecular weight is 299 g/mol. The predicted molar refractivity (Wildman–Crippen MR) is 85.2 cm³/mol. The second-order valence-corrected chi connectivity index (χ2v) is 5.70. The third-order valence-electron chi connectivity index (χ3n) is 4.27. The molecule has 0 bridgehead atoms. The molecule has 2 amide bonds. The largest absolute Gasteiger partial charge is 0.361 e. The van der Waals surface area contributed by atoms with Crippen LogP contribution >= 0.6 is 0 Å². The molecule has 0 unspecified atom stereocenters. The van der Waals surface area contributed by atoms with Gasteiger partial charge in [0.1, 0.15) is 6.54 Å². The minimum atomic E-state index is 0.0486. The number of nitrogens with zero attached hydrogens (tertiary/aromatic N) is 2. The van der Waals surface area contributed by atoms with Gasteiger partial charge in [0.15, 0.2) is 0 Å². The number of aromatic amines is 1. The van der Waals surface area contributed by atoms with Crippen LogP contribution in [0, 0.1) is 0 Å². The molecule has 1 fully saturated rings. The fourth-order valence-corrected chi connectivity index (χ4v) is 2.97. The van der Waals surface area contributed by atoms with Gasteiger partial charge in [-0.3, -0.25) is 9.59 Å². The van der Waals surface area contributed by atoms with Gasteiger partial charge in [0.2, 0.25) is 11.8 Å². The Balaban J connectivity index is 1.53. The summed E-state index contributed by atoms with van der Waals surface area (Å²) in [5, 5.41) is 1.23. The molecule has 116 valence electrons. The molecule has 1 aromatic heterocycles. The average Bonchev–Trinajstić information content (AvgIpc) is 3.11. The number of rotatable bonds is 5. The number of hydrogen-bond donors (Lipinski definition) is 1. The summed E-state index contributed by atoms with van der Waals surface area (Å²) in [5.41, 5.74) is 2.38. The third kappa shape index (κ3) is 2.84. The van der Waals surface area contributed by atoms with E-state index < -0.39 is 0 Å². The van der Waals surface area contributed by atoms with Gasteiger partial charge in [-0.15, -0.1) is 0 Å². The highest BCUT2D eigenvalue weighted by molar-refractivity contribution is 5.88. The first kappa shape index (κ1) is 14.6. The van der Waals surface area contributed by atoms with E-state index in [9.17, 15) is 9.59 Å². The van der Waals surface area contributed by atoms with Gasteiger partial charge in [-0.1, -0.05) is 18.2 Å². The molecular formula is C17H21N3O2. The van der Waals surface area contributed by atoms with Crippen molar-refractivity contribution in [3.63, 3.8) is 0 Å². The van der Waals surface area contributed by atoms with Crippen LogP contribution in [0.1, 0.15) is 25.3 Å². The Labute approximate surface area is 129 Å². The molecule has 1 N–H and O–H groups in total. The lowest BCUT2D eigenvalue weighted by Crippen LogP contribution is -2.31. The molecule has 1 aliphatic heterocycles. The maximum Gasteiger partial charge on any atom is 0.243 e. The smallest absolute Gasteiger partial charge is 0.243 e. The van der Waals surface area contributed by atoms with E-state index in [1.807, 2.05) is 25.3 Å². The summed E-state index contributed by atoms with van der Waals surface area (Å²) in [6.45, 7) is 3.28. The van der Waals surface area contributed by atoms with E-state index in [4.69, 9.17) is 0 Å². The van der Waals surface area contributed by atoms with Crippen LogP contribution in [0.3, 0.4) is 0 Å². The number of H-pyrrole nitrogens is 1. The van der Waals surface area contributed by atoms with E-state index in [1.54, 1.807) is 9.80 Å². The molecule has 2 aromatic rings. The molecule has 1 aliphatic rings. The van der Waals surface area contributed by atoms with Crippen LogP contribution < -0.4 is 0 Å². The minimum absolute atomic E-state index is 0.0486. The van der Waals surface area contributed by atoms with Crippen molar-refractivity contribution in [2.24, 2.45) is 0 Å². The normalized spacial score (nSPS) is 15.0. The molecule has 2 heterocycles. The molecule has 1 aromatic carbocycles. The van der Waals surface area contributed by atoms with Gasteiger partial charge in [0.25, 0.3) is 0 Å². The topological polar surface area (TPSA) is 56.4 Å². The first-order valence-electron chi connectivity index (χ1n) is 7.79. The lowest BCUT2D eigenvalue weighted by Gasteiger charge is -2.16. The maximum atomic E-state index is 12.2. The number of carbonyl (C=O) groups excluding carboxylic acids is 2. The van der Waals surface area contributed by atoms with E-state index in [1.165, 1.54) is 10.9 Å². The van der Waals surface area contributed by atoms with Crippen LogP contribution in [0.4, 0.5) is 0 Å². The van der Waals surface area contributed by atoms with E-state index in [2.05, 4.69) is 17.1 Å². The van der Waals surface area contributed by atoms with Crippen LogP contribution in [0.2, 0.25) is 0 Å². The van der Waals surface area contributed by atoms with Crippen LogP contribution in [0.15, 0.2) is 30.5 Å². The Morgan fingerprint density at radius 1 is 1.32 bits per heavy atom. The monoisotopic (exact) mass is 299 g/mol. The Bertz CT molecular complexity index is 692. The summed E-state index contributed by atoms with van der Waals surface area (Å²) < 4.78 is 0. The maximum absolute atomic E-state index is 12.2. The van der Waals surface area contributed by atoms with Crippen molar-refractivity contribution in [3.8, 4) is 0 Å². The van der Waals surface area contributed by atoms with Crippen molar-refractivity contribution >= 4 is 22.7 Å². The molecule has 22 heavy (non-hydrogen) atoms. The summed E-state index contributed by atoms with van der Waals surface area (Å²) in [7, 11) is 0. The first-order valence-corrected chi connectivity index (χ1v) is 7.79. The highest BCUT2D eigenvalue weighted by atomic mass is 16.2. The molecule has 1 saturated heterocycles. The number of fused-ring (bicyclic) bond motifs is 1. The van der Waals surface area contributed by atoms with E-state index in [-0.39, 0.29) is 18.4 Å². The number of likely N-dealkylation sites (N-methyl/N-ethyl adjacent to an activating group) is 1. The number of amides is 2. The fraction of sp³-hybridized carbons (Fsp3) is 0.412. The number of para-hydroxylation sites is 1. The standard InChI is InChI=1S/C17H21N3O2/c1-2-19-12-20(11-17(19)22)16(21)9-5-6-13-10-18-15-8-4-3-7-14(13)15/h3-4,7-8,10,18H,2,5-6,9,11-12H2,1H3. The molecule has 0 atom stereocenters. The summed E-state index contributed by atoms with van der Waals surface area (Å²) >= 11 is 0. The number of hydrogen-bond acceptors (Lipinski definition) is 2. The molecule has 5 nitrogen and oxygen atoms in total. The molecule has 0 saturated carbocycles. The highest BCUT2D eigenvalue weighted by Crippen LogP contribution is 2.20. The van der Waals surface area contributed by atoms with Gasteiger partial charge in [0.05, 0.1) is 6.67 Å². The highest BCUT2D eigenvalue weighted by Gasteiger charge is 2.28. The lowest BCUT2D eigenvalue weighted by molar-refractivity contribution is -0.131. The molecule has 3 rings (SSSR count). The fourth-order valence-electron chi connectivity index (χ4n) is 2.97. The Morgan fingerprint density at radius 2 is 2.14 bits per heavy atom. The first-order chi connectivity index (χ1) is 10.7. The van der Waals surface area contributed by atoms with Crippen molar-refractivity contribution in [1.82, 2.24) is 14.8 Å². The number of nitrogens with one attached hydrogen (secondary N) is 1. The van der Waals surface area contributed by atoms with Crippen molar-refractivity contribution in [2.45, 2.75) is 26.2 Å². The van der Waals surface area contributed by atoms with Gasteiger partial charge in [-0.2, -0.15) is 0 Å². The summed E-state index contributed by atoms with van der Waals surface area (Å²) in [4.78, 5) is 30.5. The van der Waals surface area contributed by atoms with Crippen LogP contribution in [0.25, 0.3) is 10.9 Å². The third-order valence-corrected chi connectivity index (χ3v) is 4.27. The van der Waals surface area contributed by atoms with Gasteiger partial charge >= 0.3 is 0 Å². The van der Waals surface area contributed by atoms with Gasteiger partial charge < -0.3 is 14.8 Å². The molecule has 0 radical (unpaired) electrons. The molecule has 0 spiro atoms. The second kappa shape index (κ2) is 6.22. The predicted octanol–water partition coefficient (Wildman–Crippen LogP) is 2.14. The van der Waals surface area contributed by atoms with E-state index >= 15 is 0 Å². The number of carbonyl (C=O) groups is 2. The van der Waals surface area contributed by atoms with E-state index in [0.29, 0.717) is 19.6 Å². The number of aromatic nitrogens is 1. The Morgan fingerprint density at radius 3 is 2.91 bits per heavy atom. The van der Waals surface area contributed by atoms with Gasteiger partial charge in [-0.25, -0.2) is 0 Å². The summed E-state index contributed by atoms with van der Waals surface area (Å²) in [5.74, 6) is 0.122. The Hall–Kier alpha value is -2.30. The van der Waals surface area contributed by atoms with Crippen LogP contribution in [-0.2, 0) is 16.0 Å². The van der Waals surface area contributed by atoms with Crippen molar-refractivity contribution in [1.29, 1.82) is 0 Å². The summed E-state index contributed by atoms with van der Waals surface area (Å²) in [6, 6.07) is 8.19.